The molecule has 0 heterocycles. The van der Waals surface area contributed by atoms with Crippen molar-refractivity contribution in [1.29, 1.82) is 0 Å². The van der Waals surface area contributed by atoms with Crippen LogP contribution in [0.25, 0.3) is 0 Å². The van der Waals surface area contributed by atoms with Gasteiger partial charge in [0.25, 0.3) is 0 Å². The number of hydrogen-bond acceptors (Lipinski definition) is 6. The minimum Gasteiger partial charge on any atom is -0.465 e. The molecule has 0 saturated heterocycles. The maximum absolute atomic E-state index is 12.0. The molecule has 6 nitrogen and oxygen atoms in total. The lowest BCUT2D eigenvalue weighted by Gasteiger charge is -2.22. The Morgan fingerprint density at radius 1 is 1.10 bits per heavy atom. The van der Waals surface area contributed by atoms with E-state index in [1.165, 1.54) is 20.3 Å². The first-order valence-electron chi connectivity index (χ1n) is 6.06. The number of benzene rings is 1. The van der Waals surface area contributed by atoms with Gasteiger partial charge in [-0.25, -0.2) is 9.59 Å². The summed E-state index contributed by atoms with van der Waals surface area (Å²) in [7, 11) is 5.95. The largest absolute Gasteiger partial charge is 0.465 e. The van der Waals surface area contributed by atoms with E-state index in [1.807, 2.05) is 11.9 Å². The number of methoxy groups -OCH3 is 3. The molecule has 0 unspecified atom stereocenters. The first kappa shape index (κ1) is 16.0. The number of hydrogen-bond donors (Lipinski definition) is 0. The van der Waals surface area contributed by atoms with Crippen LogP contribution in [-0.4, -0.2) is 53.5 Å². The van der Waals surface area contributed by atoms with Crippen molar-refractivity contribution in [2.24, 2.45) is 0 Å². The van der Waals surface area contributed by atoms with Gasteiger partial charge in [-0.2, -0.15) is 0 Å². The third kappa shape index (κ3) is 3.48. The van der Waals surface area contributed by atoms with E-state index in [0.717, 1.165) is 0 Å². The van der Waals surface area contributed by atoms with E-state index < -0.39 is 11.9 Å². The monoisotopic (exact) mass is 281 g/mol. The van der Waals surface area contributed by atoms with Gasteiger partial charge in [-0.1, -0.05) is 6.07 Å². The predicted molar refractivity (Wildman–Crippen MR) is 74.3 cm³/mol. The highest BCUT2D eigenvalue weighted by atomic mass is 16.5. The second-order valence-corrected chi connectivity index (χ2v) is 4.10. The zero-order valence-corrected chi connectivity index (χ0v) is 12.1. The van der Waals surface area contributed by atoms with Crippen LogP contribution >= 0.6 is 0 Å². The van der Waals surface area contributed by atoms with Crippen LogP contribution in [0.5, 0.6) is 0 Å². The molecule has 110 valence electrons. The summed E-state index contributed by atoms with van der Waals surface area (Å²) in [5.41, 5.74) is 0.971. The van der Waals surface area contributed by atoms with Crippen molar-refractivity contribution >= 4 is 17.6 Å². The maximum Gasteiger partial charge on any atom is 0.340 e. The van der Waals surface area contributed by atoms with Crippen molar-refractivity contribution in [1.82, 2.24) is 0 Å². The summed E-state index contributed by atoms with van der Waals surface area (Å²) in [5.74, 6) is -1.15. The average Bonchev–Trinajstić information content (AvgIpc) is 2.50. The molecule has 0 fully saturated rings. The van der Waals surface area contributed by atoms with Crippen molar-refractivity contribution in [2.45, 2.75) is 0 Å². The number of anilines is 1. The molecule has 0 atom stereocenters. The Bertz CT molecular complexity index is 486. The Morgan fingerprint density at radius 3 is 2.30 bits per heavy atom. The Hall–Kier alpha value is -2.08. The smallest absolute Gasteiger partial charge is 0.340 e. The first-order valence-corrected chi connectivity index (χ1v) is 6.06. The lowest BCUT2D eigenvalue weighted by atomic mass is 10.0. The van der Waals surface area contributed by atoms with Crippen LogP contribution in [0.1, 0.15) is 20.7 Å². The van der Waals surface area contributed by atoms with E-state index in [2.05, 4.69) is 0 Å². The number of nitrogens with zero attached hydrogens (tertiary/aromatic N) is 1. The van der Waals surface area contributed by atoms with Gasteiger partial charge in [0.2, 0.25) is 0 Å². The fourth-order valence-electron chi connectivity index (χ4n) is 1.80. The zero-order chi connectivity index (χ0) is 15.1. The molecule has 0 aliphatic rings. The SMILES string of the molecule is COCCN(C)c1cccc(C(=O)OC)c1C(=O)OC. The van der Waals surface area contributed by atoms with Gasteiger partial charge >= 0.3 is 11.9 Å². The van der Waals surface area contributed by atoms with Crippen molar-refractivity contribution in [3.63, 3.8) is 0 Å². The third-order valence-corrected chi connectivity index (χ3v) is 2.88. The normalized spacial score (nSPS) is 10.0. The van der Waals surface area contributed by atoms with Gasteiger partial charge in [-0.3, -0.25) is 0 Å². The number of carbonyl (C=O) groups is 2. The predicted octanol–water partition coefficient (Wildman–Crippen LogP) is 1.34. The topological polar surface area (TPSA) is 65.1 Å². The van der Waals surface area contributed by atoms with E-state index in [0.29, 0.717) is 18.8 Å². The summed E-state index contributed by atoms with van der Waals surface area (Å²) < 4.78 is 14.5. The van der Waals surface area contributed by atoms with Crippen LogP contribution < -0.4 is 4.90 Å². The third-order valence-electron chi connectivity index (χ3n) is 2.88. The highest BCUT2D eigenvalue weighted by molar-refractivity contribution is 6.07. The van der Waals surface area contributed by atoms with E-state index >= 15 is 0 Å². The molecule has 0 aromatic heterocycles. The molecule has 0 bridgehead atoms. The number of rotatable bonds is 6. The van der Waals surface area contributed by atoms with Gasteiger partial charge in [0, 0.05) is 20.7 Å². The van der Waals surface area contributed by atoms with Gasteiger partial charge in [0.15, 0.2) is 0 Å². The number of esters is 2. The molecule has 0 spiro atoms. The number of ether oxygens (including phenoxy) is 3. The second kappa shape index (κ2) is 7.49. The molecule has 0 saturated carbocycles. The Morgan fingerprint density at radius 2 is 1.75 bits per heavy atom. The Labute approximate surface area is 118 Å². The summed E-state index contributed by atoms with van der Waals surface area (Å²) in [5, 5.41) is 0. The average molecular weight is 281 g/mol. The van der Waals surface area contributed by atoms with E-state index in [4.69, 9.17) is 14.2 Å². The summed E-state index contributed by atoms with van der Waals surface area (Å²) in [6, 6.07) is 4.97. The van der Waals surface area contributed by atoms with Gasteiger partial charge in [0.1, 0.15) is 0 Å². The lowest BCUT2D eigenvalue weighted by molar-refractivity contribution is 0.0555. The molecular formula is C14H19NO5. The van der Waals surface area contributed by atoms with E-state index in [-0.39, 0.29) is 11.1 Å². The molecule has 1 aromatic rings. The van der Waals surface area contributed by atoms with Gasteiger partial charge in [-0.15, -0.1) is 0 Å². The molecule has 1 aromatic carbocycles. The zero-order valence-electron chi connectivity index (χ0n) is 12.1. The first-order chi connectivity index (χ1) is 9.56. The summed E-state index contributed by atoms with van der Waals surface area (Å²) in [6.45, 7) is 1.07. The van der Waals surface area contributed by atoms with Crippen molar-refractivity contribution in [2.75, 3.05) is 46.4 Å². The van der Waals surface area contributed by atoms with Gasteiger partial charge < -0.3 is 19.1 Å². The minimum atomic E-state index is -0.578. The summed E-state index contributed by atoms with van der Waals surface area (Å²) in [6.07, 6.45) is 0. The molecule has 0 radical (unpaired) electrons. The molecule has 0 aliphatic heterocycles. The molecule has 6 heteroatoms. The number of carbonyl (C=O) groups excluding carboxylic acids is 2. The van der Waals surface area contributed by atoms with E-state index in [9.17, 15) is 9.59 Å². The molecule has 0 N–H and O–H groups in total. The lowest BCUT2D eigenvalue weighted by Crippen LogP contribution is -2.25. The van der Waals surface area contributed by atoms with Crippen LogP contribution in [0.3, 0.4) is 0 Å². The minimum absolute atomic E-state index is 0.182. The van der Waals surface area contributed by atoms with E-state index in [1.54, 1.807) is 19.2 Å². The fourth-order valence-corrected chi connectivity index (χ4v) is 1.80. The molecule has 0 amide bonds. The number of likely N-dealkylation sites (N-methyl/N-ethyl adjacent to an activating group) is 1. The molecular weight excluding hydrogens is 262 g/mol. The molecule has 20 heavy (non-hydrogen) atoms. The highest BCUT2D eigenvalue weighted by Gasteiger charge is 2.23. The Balaban J connectivity index is 3.29. The summed E-state index contributed by atoms with van der Waals surface area (Å²) >= 11 is 0. The van der Waals surface area contributed by atoms with Crippen molar-refractivity contribution in [3.8, 4) is 0 Å². The summed E-state index contributed by atoms with van der Waals surface area (Å²) in [4.78, 5) is 25.6. The Kier molecular flexibility index (Phi) is 5.99. The van der Waals surface area contributed by atoms with Crippen LogP contribution in [0, 0.1) is 0 Å². The van der Waals surface area contributed by atoms with Crippen LogP contribution in [0.4, 0.5) is 5.69 Å². The molecule has 0 aliphatic carbocycles. The van der Waals surface area contributed by atoms with Gasteiger partial charge in [0.05, 0.1) is 37.6 Å². The van der Waals surface area contributed by atoms with Crippen molar-refractivity contribution < 1.29 is 23.8 Å². The maximum atomic E-state index is 12.0. The standard InChI is InChI=1S/C14H19NO5/c1-15(8-9-18-2)11-7-5-6-10(13(16)19-3)12(11)14(17)20-4/h5-7H,8-9H2,1-4H3. The highest BCUT2D eigenvalue weighted by Crippen LogP contribution is 2.24. The van der Waals surface area contributed by atoms with Crippen LogP contribution in [0.2, 0.25) is 0 Å². The van der Waals surface area contributed by atoms with Gasteiger partial charge in [-0.05, 0) is 12.1 Å². The second-order valence-electron chi connectivity index (χ2n) is 4.10. The van der Waals surface area contributed by atoms with Crippen LogP contribution in [-0.2, 0) is 14.2 Å². The quantitative estimate of drug-likeness (QED) is 0.733. The van der Waals surface area contributed by atoms with Crippen molar-refractivity contribution in [3.05, 3.63) is 29.3 Å². The van der Waals surface area contributed by atoms with Crippen LogP contribution in [0.15, 0.2) is 18.2 Å². The fraction of sp³-hybridized carbons (Fsp3) is 0.429. The molecule has 1 rings (SSSR count).